The molecule has 0 aliphatic carbocycles. The second kappa shape index (κ2) is 6.75. The van der Waals surface area contributed by atoms with Crippen LogP contribution in [0.15, 0.2) is 42.6 Å². The number of rotatable bonds is 3. The van der Waals surface area contributed by atoms with Crippen LogP contribution in [0.3, 0.4) is 0 Å². The molecule has 1 saturated heterocycles. The van der Waals surface area contributed by atoms with E-state index < -0.39 is 6.04 Å². The summed E-state index contributed by atoms with van der Waals surface area (Å²) in [4.78, 5) is 24.9. The van der Waals surface area contributed by atoms with Gasteiger partial charge in [-0.3, -0.25) is 4.79 Å². The maximum atomic E-state index is 11.9. The van der Waals surface area contributed by atoms with E-state index in [1.165, 1.54) is 0 Å². The van der Waals surface area contributed by atoms with Gasteiger partial charge < -0.3 is 15.5 Å². The van der Waals surface area contributed by atoms with Gasteiger partial charge in [0.2, 0.25) is 5.91 Å². The van der Waals surface area contributed by atoms with Crippen molar-refractivity contribution >= 4 is 11.7 Å². The van der Waals surface area contributed by atoms with Gasteiger partial charge in [-0.25, -0.2) is 9.97 Å². The number of benzene rings is 1. The molecule has 6 heteroatoms. The number of amides is 1. The molecule has 1 fully saturated rings. The van der Waals surface area contributed by atoms with Gasteiger partial charge >= 0.3 is 0 Å². The van der Waals surface area contributed by atoms with Gasteiger partial charge in [0.05, 0.1) is 6.04 Å². The summed E-state index contributed by atoms with van der Waals surface area (Å²) in [5, 5.41) is 0. The predicted molar refractivity (Wildman–Crippen MR) is 89.9 cm³/mol. The third kappa shape index (κ3) is 3.48. The zero-order chi connectivity index (χ0) is 16.2. The van der Waals surface area contributed by atoms with Crippen molar-refractivity contribution < 1.29 is 4.79 Å². The predicted octanol–water partition coefficient (Wildman–Crippen LogP) is 1.14. The lowest BCUT2D eigenvalue weighted by Gasteiger charge is -2.36. The molecule has 2 heterocycles. The van der Waals surface area contributed by atoms with Crippen molar-refractivity contribution in [3.8, 4) is 11.4 Å². The third-order valence-corrected chi connectivity index (χ3v) is 3.98. The van der Waals surface area contributed by atoms with E-state index in [-0.39, 0.29) is 5.91 Å². The fourth-order valence-electron chi connectivity index (χ4n) is 2.70. The van der Waals surface area contributed by atoms with Crippen molar-refractivity contribution in [2.24, 2.45) is 5.73 Å². The van der Waals surface area contributed by atoms with Crippen molar-refractivity contribution in [3.63, 3.8) is 0 Å². The Morgan fingerprint density at radius 1 is 1.13 bits per heavy atom. The highest BCUT2D eigenvalue weighted by atomic mass is 16.2. The summed E-state index contributed by atoms with van der Waals surface area (Å²) in [6, 6.07) is 11.4. The van der Waals surface area contributed by atoms with Crippen molar-refractivity contribution in [2.45, 2.75) is 13.0 Å². The summed E-state index contributed by atoms with van der Waals surface area (Å²) < 4.78 is 0. The smallest absolute Gasteiger partial charge is 0.239 e. The highest BCUT2D eigenvalue weighted by Crippen LogP contribution is 2.19. The number of nitrogens with two attached hydrogens (primary N) is 1. The van der Waals surface area contributed by atoms with Crippen LogP contribution in [0.4, 0.5) is 5.82 Å². The molecule has 0 saturated carbocycles. The molecule has 2 N–H and O–H groups in total. The Kier molecular flexibility index (Phi) is 4.52. The highest BCUT2D eigenvalue weighted by molar-refractivity contribution is 5.81. The molecular weight excluding hydrogens is 290 g/mol. The fraction of sp³-hybridized carbons (Fsp3) is 0.353. The number of piperazine rings is 1. The van der Waals surface area contributed by atoms with Crippen LogP contribution in [0.1, 0.15) is 6.92 Å². The average molecular weight is 311 g/mol. The van der Waals surface area contributed by atoms with E-state index in [1.54, 1.807) is 13.1 Å². The second-order valence-electron chi connectivity index (χ2n) is 5.71. The van der Waals surface area contributed by atoms with Crippen molar-refractivity contribution in [2.75, 3.05) is 31.1 Å². The molecule has 0 bridgehead atoms. The van der Waals surface area contributed by atoms with Crippen molar-refractivity contribution in [3.05, 3.63) is 42.6 Å². The lowest BCUT2D eigenvalue weighted by molar-refractivity contribution is -0.132. The summed E-state index contributed by atoms with van der Waals surface area (Å²) in [6.07, 6.45) is 1.78. The Labute approximate surface area is 135 Å². The van der Waals surface area contributed by atoms with Crippen LogP contribution < -0.4 is 10.6 Å². The van der Waals surface area contributed by atoms with E-state index in [0.29, 0.717) is 13.1 Å². The normalized spacial score (nSPS) is 16.3. The molecule has 6 nitrogen and oxygen atoms in total. The average Bonchev–Trinajstić information content (AvgIpc) is 2.62. The van der Waals surface area contributed by atoms with Crippen LogP contribution in [-0.2, 0) is 4.79 Å². The van der Waals surface area contributed by atoms with Gasteiger partial charge in [-0.15, -0.1) is 0 Å². The summed E-state index contributed by atoms with van der Waals surface area (Å²) in [7, 11) is 0. The molecule has 1 aliphatic rings. The number of hydrogen-bond donors (Lipinski definition) is 1. The molecule has 3 rings (SSSR count). The molecule has 23 heavy (non-hydrogen) atoms. The largest absolute Gasteiger partial charge is 0.353 e. The maximum Gasteiger partial charge on any atom is 0.239 e. The van der Waals surface area contributed by atoms with Crippen LogP contribution in [0.25, 0.3) is 11.4 Å². The first kappa shape index (κ1) is 15.4. The molecule has 0 unspecified atom stereocenters. The van der Waals surface area contributed by atoms with Gasteiger partial charge in [-0.2, -0.15) is 0 Å². The summed E-state index contributed by atoms with van der Waals surface area (Å²) in [6.45, 7) is 4.58. The van der Waals surface area contributed by atoms with Gasteiger partial charge in [-0.05, 0) is 13.0 Å². The first-order valence-corrected chi connectivity index (χ1v) is 7.83. The van der Waals surface area contributed by atoms with E-state index in [1.807, 2.05) is 41.3 Å². The lowest BCUT2D eigenvalue weighted by atomic mass is 10.2. The minimum Gasteiger partial charge on any atom is -0.353 e. The number of carbonyl (C=O) groups excluding carboxylic acids is 1. The summed E-state index contributed by atoms with van der Waals surface area (Å²) in [5.74, 6) is 1.63. The first-order chi connectivity index (χ1) is 11.1. The Balaban J connectivity index is 1.71. The van der Waals surface area contributed by atoms with Gasteiger partial charge in [-0.1, -0.05) is 30.3 Å². The zero-order valence-corrected chi connectivity index (χ0v) is 13.2. The number of aromatic nitrogens is 2. The summed E-state index contributed by atoms with van der Waals surface area (Å²) in [5.41, 5.74) is 6.67. The van der Waals surface area contributed by atoms with E-state index in [4.69, 9.17) is 5.73 Å². The van der Waals surface area contributed by atoms with Crippen molar-refractivity contribution in [1.82, 2.24) is 14.9 Å². The van der Waals surface area contributed by atoms with Gasteiger partial charge in [0.1, 0.15) is 5.82 Å². The fourth-order valence-corrected chi connectivity index (χ4v) is 2.70. The topological polar surface area (TPSA) is 75.4 Å². The van der Waals surface area contributed by atoms with Gasteiger partial charge in [0, 0.05) is 37.9 Å². The SMILES string of the molecule is C[C@@H](N)C(=O)N1CCN(c2ccnc(-c3ccccc3)n2)CC1. The Morgan fingerprint density at radius 2 is 1.83 bits per heavy atom. The molecule has 1 amide bonds. The quantitative estimate of drug-likeness (QED) is 0.920. The number of anilines is 1. The number of nitrogens with zero attached hydrogens (tertiary/aromatic N) is 4. The maximum absolute atomic E-state index is 11.9. The standard InChI is InChI=1S/C17H21N5O/c1-13(18)17(23)22-11-9-21(10-12-22)15-7-8-19-16(20-15)14-5-3-2-4-6-14/h2-8,13H,9-12,18H2,1H3/t13-/m1/s1. The molecule has 1 aromatic carbocycles. The minimum absolute atomic E-state index is 0.0114. The molecule has 1 atom stereocenters. The van der Waals surface area contributed by atoms with Crippen LogP contribution in [-0.4, -0.2) is 53.0 Å². The molecular formula is C17H21N5O. The van der Waals surface area contributed by atoms with Crippen molar-refractivity contribution in [1.29, 1.82) is 0 Å². The van der Waals surface area contributed by atoms with E-state index in [0.717, 1.165) is 30.3 Å². The molecule has 0 spiro atoms. The highest BCUT2D eigenvalue weighted by Gasteiger charge is 2.23. The molecule has 120 valence electrons. The molecule has 2 aromatic rings. The van der Waals surface area contributed by atoms with E-state index >= 15 is 0 Å². The zero-order valence-electron chi connectivity index (χ0n) is 13.2. The third-order valence-electron chi connectivity index (χ3n) is 3.98. The molecule has 0 radical (unpaired) electrons. The van der Waals surface area contributed by atoms with Crippen LogP contribution in [0, 0.1) is 0 Å². The number of hydrogen-bond acceptors (Lipinski definition) is 5. The molecule has 1 aliphatic heterocycles. The van der Waals surface area contributed by atoms with Crippen LogP contribution in [0.5, 0.6) is 0 Å². The Morgan fingerprint density at radius 3 is 2.48 bits per heavy atom. The summed E-state index contributed by atoms with van der Waals surface area (Å²) >= 11 is 0. The van der Waals surface area contributed by atoms with E-state index in [9.17, 15) is 4.79 Å². The minimum atomic E-state index is -0.440. The van der Waals surface area contributed by atoms with E-state index in [2.05, 4.69) is 14.9 Å². The Hall–Kier alpha value is -2.47. The van der Waals surface area contributed by atoms with Gasteiger partial charge in [0.25, 0.3) is 0 Å². The van der Waals surface area contributed by atoms with Gasteiger partial charge in [0.15, 0.2) is 5.82 Å². The lowest BCUT2D eigenvalue weighted by Crippen LogP contribution is -2.52. The second-order valence-corrected chi connectivity index (χ2v) is 5.71. The van der Waals surface area contributed by atoms with Crippen LogP contribution in [0.2, 0.25) is 0 Å². The Bertz CT molecular complexity index is 666. The first-order valence-electron chi connectivity index (χ1n) is 7.83. The molecule has 1 aromatic heterocycles. The van der Waals surface area contributed by atoms with Crippen LogP contribution >= 0.6 is 0 Å². The number of carbonyl (C=O) groups is 1. The monoisotopic (exact) mass is 311 g/mol.